The van der Waals surface area contributed by atoms with Crippen LogP contribution < -0.4 is 10.1 Å². The van der Waals surface area contributed by atoms with Gasteiger partial charge in [-0.05, 0) is 18.2 Å². The monoisotopic (exact) mass is 215 g/mol. The number of carbonyl (C=O) groups is 1. The highest BCUT2D eigenvalue weighted by molar-refractivity contribution is 5.89. The maximum Gasteiger partial charge on any atom is 0.335 e. The van der Waals surface area contributed by atoms with E-state index in [-0.39, 0.29) is 18.0 Å². The molecule has 0 atom stereocenters. The molecule has 0 amide bonds. The van der Waals surface area contributed by atoms with E-state index >= 15 is 0 Å². The number of nitrogens with one attached hydrogen (secondary N) is 1. The number of ether oxygens (including phenoxy) is 1. The van der Waals surface area contributed by atoms with Gasteiger partial charge in [0.15, 0.2) is 0 Å². The molecule has 1 aromatic carbocycles. The van der Waals surface area contributed by atoms with Crippen molar-refractivity contribution in [2.24, 2.45) is 0 Å². The van der Waals surface area contributed by atoms with E-state index in [1.54, 1.807) is 12.1 Å². The van der Waals surface area contributed by atoms with Crippen LogP contribution in [-0.2, 0) is 0 Å². The molecule has 0 aromatic heterocycles. The zero-order valence-corrected chi connectivity index (χ0v) is 8.13. The van der Waals surface area contributed by atoms with E-state index in [1.165, 1.54) is 6.07 Å². The highest BCUT2D eigenvalue weighted by atomic mass is 35.5. The van der Waals surface area contributed by atoms with Crippen LogP contribution in [0.5, 0.6) is 5.75 Å². The van der Waals surface area contributed by atoms with Crippen LogP contribution in [0.2, 0.25) is 0 Å². The van der Waals surface area contributed by atoms with Gasteiger partial charge in [0.05, 0.1) is 11.3 Å². The minimum atomic E-state index is -0.933. The first-order valence-electron chi connectivity index (χ1n) is 4.01. The summed E-state index contributed by atoms with van der Waals surface area (Å²) in [6, 6.07) is 4.81. The smallest absolute Gasteiger partial charge is 0.335 e. The zero-order valence-electron chi connectivity index (χ0n) is 7.32. The SMILES string of the molecule is Cl.O=C(O)c1ccc2c(c1)OCCN2. The van der Waals surface area contributed by atoms with Crippen LogP contribution in [0.25, 0.3) is 0 Å². The Morgan fingerprint density at radius 3 is 3.00 bits per heavy atom. The highest BCUT2D eigenvalue weighted by Crippen LogP contribution is 2.27. The van der Waals surface area contributed by atoms with Gasteiger partial charge in [-0.25, -0.2) is 4.79 Å². The minimum absolute atomic E-state index is 0. The number of carboxylic acids is 1. The second kappa shape index (κ2) is 4.19. The van der Waals surface area contributed by atoms with Crippen LogP contribution in [0.1, 0.15) is 10.4 Å². The van der Waals surface area contributed by atoms with Gasteiger partial charge in [0.25, 0.3) is 0 Å². The second-order valence-electron chi connectivity index (χ2n) is 2.79. The lowest BCUT2D eigenvalue weighted by molar-refractivity contribution is 0.0696. The molecule has 1 aliphatic rings. The van der Waals surface area contributed by atoms with Crippen molar-refractivity contribution in [2.75, 3.05) is 18.5 Å². The van der Waals surface area contributed by atoms with Crippen LogP contribution in [0.3, 0.4) is 0 Å². The number of hydrogen-bond acceptors (Lipinski definition) is 3. The molecule has 0 spiro atoms. The number of aromatic carboxylic acids is 1. The fourth-order valence-corrected chi connectivity index (χ4v) is 1.27. The van der Waals surface area contributed by atoms with E-state index in [2.05, 4.69) is 5.32 Å². The summed E-state index contributed by atoms with van der Waals surface area (Å²) in [5, 5.41) is 11.8. The van der Waals surface area contributed by atoms with Crippen molar-refractivity contribution in [2.45, 2.75) is 0 Å². The normalized spacial score (nSPS) is 12.9. The first kappa shape index (κ1) is 10.7. The van der Waals surface area contributed by atoms with Crippen molar-refractivity contribution < 1.29 is 14.6 Å². The van der Waals surface area contributed by atoms with E-state index in [0.29, 0.717) is 12.4 Å². The van der Waals surface area contributed by atoms with Gasteiger partial charge < -0.3 is 15.2 Å². The van der Waals surface area contributed by atoms with E-state index in [0.717, 1.165) is 12.2 Å². The predicted molar refractivity (Wildman–Crippen MR) is 54.6 cm³/mol. The molecule has 0 unspecified atom stereocenters. The average molecular weight is 216 g/mol. The Morgan fingerprint density at radius 2 is 2.29 bits per heavy atom. The number of benzene rings is 1. The van der Waals surface area contributed by atoms with Crippen molar-refractivity contribution >= 4 is 24.1 Å². The molecule has 0 bridgehead atoms. The summed E-state index contributed by atoms with van der Waals surface area (Å²) >= 11 is 0. The molecule has 1 aliphatic heterocycles. The molecule has 0 saturated heterocycles. The molecule has 0 aliphatic carbocycles. The zero-order chi connectivity index (χ0) is 9.26. The minimum Gasteiger partial charge on any atom is -0.490 e. The van der Waals surface area contributed by atoms with Gasteiger partial charge in [0, 0.05) is 6.54 Å². The average Bonchev–Trinajstić information content (AvgIpc) is 2.17. The van der Waals surface area contributed by atoms with Gasteiger partial charge in [-0.3, -0.25) is 0 Å². The van der Waals surface area contributed by atoms with Crippen molar-refractivity contribution in [3.05, 3.63) is 23.8 Å². The lowest BCUT2D eigenvalue weighted by Gasteiger charge is -2.18. The fourth-order valence-electron chi connectivity index (χ4n) is 1.27. The van der Waals surface area contributed by atoms with Crippen LogP contribution in [0, 0.1) is 0 Å². The maximum atomic E-state index is 10.6. The summed E-state index contributed by atoms with van der Waals surface area (Å²) < 4.78 is 5.29. The number of rotatable bonds is 1. The Hall–Kier alpha value is -1.42. The topological polar surface area (TPSA) is 58.6 Å². The lowest BCUT2D eigenvalue weighted by Crippen LogP contribution is -2.18. The Balaban J connectivity index is 0.000000980. The van der Waals surface area contributed by atoms with Crippen molar-refractivity contribution in [1.29, 1.82) is 0 Å². The Labute approximate surface area is 87.3 Å². The second-order valence-corrected chi connectivity index (χ2v) is 2.79. The van der Waals surface area contributed by atoms with Crippen molar-refractivity contribution in [1.82, 2.24) is 0 Å². The number of halogens is 1. The molecule has 0 fully saturated rings. The first-order valence-corrected chi connectivity index (χ1v) is 4.01. The Morgan fingerprint density at radius 1 is 1.50 bits per heavy atom. The van der Waals surface area contributed by atoms with Crippen LogP contribution in [0.4, 0.5) is 5.69 Å². The third kappa shape index (κ3) is 1.90. The molecule has 1 heterocycles. The number of anilines is 1. The van der Waals surface area contributed by atoms with Gasteiger partial charge in [0.1, 0.15) is 12.4 Å². The van der Waals surface area contributed by atoms with Gasteiger partial charge in [0.2, 0.25) is 0 Å². The number of hydrogen-bond donors (Lipinski definition) is 2. The first-order chi connectivity index (χ1) is 6.27. The third-order valence-electron chi connectivity index (χ3n) is 1.90. The van der Waals surface area contributed by atoms with Gasteiger partial charge in [-0.2, -0.15) is 0 Å². The molecule has 5 heteroatoms. The number of carboxylic acid groups (broad SMARTS) is 1. The third-order valence-corrected chi connectivity index (χ3v) is 1.90. The largest absolute Gasteiger partial charge is 0.490 e. The summed E-state index contributed by atoms with van der Waals surface area (Å²) in [4.78, 5) is 10.6. The highest BCUT2D eigenvalue weighted by Gasteiger charge is 2.12. The van der Waals surface area contributed by atoms with E-state index < -0.39 is 5.97 Å². The Kier molecular flexibility index (Phi) is 3.19. The van der Waals surface area contributed by atoms with Gasteiger partial charge in [-0.1, -0.05) is 0 Å². The predicted octanol–water partition coefficient (Wildman–Crippen LogP) is 1.61. The molecule has 0 saturated carbocycles. The molecule has 4 nitrogen and oxygen atoms in total. The van der Waals surface area contributed by atoms with Gasteiger partial charge >= 0.3 is 5.97 Å². The van der Waals surface area contributed by atoms with Crippen LogP contribution in [-0.4, -0.2) is 24.2 Å². The standard InChI is InChI=1S/C9H9NO3.ClH/c11-9(12)6-1-2-7-8(5-6)13-4-3-10-7;/h1-2,5,10H,3-4H2,(H,11,12);1H. The number of fused-ring (bicyclic) bond motifs is 1. The summed E-state index contributed by atoms with van der Waals surface area (Å²) in [6.07, 6.45) is 0. The molecule has 2 rings (SSSR count). The molecule has 14 heavy (non-hydrogen) atoms. The molecule has 2 N–H and O–H groups in total. The summed E-state index contributed by atoms with van der Waals surface area (Å²) in [5.74, 6) is -0.317. The van der Waals surface area contributed by atoms with Gasteiger partial charge in [-0.15, -0.1) is 12.4 Å². The lowest BCUT2D eigenvalue weighted by atomic mass is 10.2. The molecule has 76 valence electrons. The van der Waals surface area contributed by atoms with E-state index in [9.17, 15) is 4.79 Å². The maximum absolute atomic E-state index is 10.6. The van der Waals surface area contributed by atoms with Crippen molar-refractivity contribution in [3.63, 3.8) is 0 Å². The molecular formula is C9H10ClNO3. The van der Waals surface area contributed by atoms with Crippen LogP contribution >= 0.6 is 12.4 Å². The molecule has 1 aromatic rings. The fraction of sp³-hybridized carbons (Fsp3) is 0.222. The van der Waals surface area contributed by atoms with Crippen molar-refractivity contribution in [3.8, 4) is 5.75 Å². The van der Waals surface area contributed by atoms with E-state index in [1.807, 2.05) is 0 Å². The Bertz CT molecular complexity index is 354. The quantitative estimate of drug-likeness (QED) is 0.747. The summed E-state index contributed by atoms with van der Waals surface area (Å²) in [5.41, 5.74) is 1.11. The molecule has 0 radical (unpaired) electrons. The molecular weight excluding hydrogens is 206 g/mol. The summed E-state index contributed by atoms with van der Waals surface area (Å²) in [6.45, 7) is 1.34. The summed E-state index contributed by atoms with van der Waals surface area (Å²) in [7, 11) is 0. The van der Waals surface area contributed by atoms with E-state index in [4.69, 9.17) is 9.84 Å². The van der Waals surface area contributed by atoms with Crippen LogP contribution in [0.15, 0.2) is 18.2 Å².